The zero-order chi connectivity index (χ0) is 19.4. The van der Waals surface area contributed by atoms with Crippen LogP contribution in [-0.2, 0) is 10.2 Å². The number of hydrogen-bond donors (Lipinski definition) is 0. The maximum absolute atomic E-state index is 12.3. The Bertz CT molecular complexity index is 791. The number of thioether (sulfide) groups is 1. The molecule has 1 fully saturated rings. The third kappa shape index (κ3) is 5.00. The first-order chi connectivity index (χ1) is 12.9. The Hall–Kier alpha value is -2.10. The molecule has 0 atom stereocenters. The van der Waals surface area contributed by atoms with Gasteiger partial charge in [0.25, 0.3) is 5.91 Å². The molecule has 3 rings (SSSR count). The largest absolute Gasteiger partial charge is 0.348 e. The minimum absolute atomic E-state index is 0.120. The Balaban J connectivity index is 1.61. The lowest BCUT2D eigenvalue weighted by Crippen LogP contribution is -2.47. The number of piperazine rings is 1. The fraction of sp³-hybridized carbons (Fsp3) is 0.476. The van der Waals surface area contributed by atoms with E-state index in [2.05, 4.69) is 65.9 Å². The number of amides is 1. The van der Waals surface area contributed by atoms with Crippen LogP contribution in [0.25, 0.3) is 6.08 Å². The lowest BCUT2D eigenvalue weighted by molar-refractivity contribution is -0.113. The van der Waals surface area contributed by atoms with Crippen LogP contribution in [-0.4, -0.2) is 53.6 Å². The van der Waals surface area contributed by atoms with E-state index in [1.165, 1.54) is 17.3 Å². The minimum atomic E-state index is -0.151. The number of nitrogens with zero attached hydrogens (tertiary/aromatic N) is 4. The van der Waals surface area contributed by atoms with Crippen LogP contribution >= 0.6 is 11.8 Å². The second-order valence-corrected chi connectivity index (χ2v) is 8.93. The van der Waals surface area contributed by atoms with E-state index in [1.807, 2.05) is 6.08 Å². The molecule has 6 heteroatoms. The second kappa shape index (κ2) is 8.28. The summed E-state index contributed by atoms with van der Waals surface area (Å²) in [5, 5.41) is 9.51. The van der Waals surface area contributed by atoms with Gasteiger partial charge in [0.05, 0.1) is 11.0 Å². The number of carbonyl (C=O) groups is 1. The van der Waals surface area contributed by atoms with Crippen molar-refractivity contribution in [3.05, 3.63) is 40.3 Å². The first-order valence-electron chi connectivity index (χ1n) is 9.34. The molecule has 142 valence electrons. The first kappa shape index (κ1) is 19.7. The van der Waals surface area contributed by atoms with Crippen molar-refractivity contribution in [2.24, 2.45) is 4.99 Å². The average Bonchev–Trinajstić information content (AvgIpc) is 3.00. The number of amidine groups is 1. The monoisotopic (exact) mass is 382 g/mol. The average molecular weight is 383 g/mol. The van der Waals surface area contributed by atoms with Gasteiger partial charge in [-0.15, -0.1) is 0 Å². The van der Waals surface area contributed by atoms with Gasteiger partial charge in [-0.3, -0.25) is 9.69 Å². The van der Waals surface area contributed by atoms with Crippen LogP contribution in [0, 0.1) is 11.3 Å². The molecule has 0 spiro atoms. The molecular weight excluding hydrogens is 356 g/mol. The van der Waals surface area contributed by atoms with E-state index in [9.17, 15) is 4.79 Å². The topological polar surface area (TPSA) is 59.7 Å². The van der Waals surface area contributed by atoms with Crippen LogP contribution in [0.15, 0.2) is 34.2 Å². The molecule has 27 heavy (non-hydrogen) atoms. The molecule has 1 saturated heterocycles. The zero-order valence-corrected chi connectivity index (χ0v) is 17.1. The van der Waals surface area contributed by atoms with E-state index in [1.54, 1.807) is 0 Å². The third-order valence-electron chi connectivity index (χ3n) is 4.87. The summed E-state index contributed by atoms with van der Waals surface area (Å²) in [5.41, 5.74) is 2.42. The summed E-state index contributed by atoms with van der Waals surface area (Å²) in [4.78, 5) is 21.7. The van der Waals surface area contributed by atoms with Gasteiger partial charge >= 0.3 is 0 Å². The Morgan fingerprint density at radius 3 is 2.44 bits per heavy atom. The van der Waals surface area contributed by atoms with E-state index < -0.39 is 0 Å². The molecule has 0 bridgehead atoms. The van der Waals surface area contributed by atoms with Crippen LogP contribution in [0.2, 0.25) is 0 Å². The van der Waals surface area contributed by atoms with Crippen molar-refractivity contribution in [2.45, 2.75) is 32.6 Å². The van der Waals surface area contributed by atoms with Gasteiger partial charge < -0.3 is 4.90 Å². The SMILES string of the molecule is CC(C)(C)c1ccc(/C=C2\SC(N3CCN(CCC#N)CC3)=NC2=O)cc1. The molecule has 2 aliphatic heterocycles. The molecule has 0 N–H and O–H groups in total. The van der Waals surface area contributed by atoms with Crippen LogP contribution in [0.4, 0.5) is 0 Å². The van der Waals surface area contributed by atoms with Gasteiger partial charge in [0.15, 0.2) is 5.17 Å². The molecule has 0 saturated carbocycles. The molecule has 0 unspecified atom stereocenters. The summed E-state index contributed by atoms with van der Waals surface area (Å²) in [6.07, 6.45) is 2.49. The van der Waals surface area contributed by atoms with Gasteiger partial charge in [-0.25, -0.2) is 0 Å². The highest BCUT2D eigenvalue weighted by molar-refractivity contribution is 8.18. The number of rotatable bonds is 3. The normalized spacial score (nSPS) is 20.1. The maximum Gasteiger partial charge on any atom is 0.286 e. The zero-order valence-electron chi connectivity index (χ0n) is 16.2. The summed E-state index contributed by atoms with van der Waals surface area (Å²) in [7, 11) is 0. The van der Waals surface area contributed by atoms with Crippen LogP contribution in [0.1, 0.15) is 38.3 Å². The molecule has 2 aliphatic rings. The van der Waals surface area contributed by atoms with Crippen molar-refractivity contribution in [1.82, 2.24) is 9.80 Å². The Kier molecular flexibility index (Phi) is 6.03. The van der Waals surface area contributed by atoms with Crippen LogP contribution < -0.4 is 0 Å². The van der Waals surface area contributed by atoms with E-state index in [-0.39, 0.29) is 11.3 Å². The fourth-order valence-electron chi connectivity index (χ4n) is 3.13. The predicted molar refractivity (Wildman–Crippen MR) is 111 cm³/mol. The second-order valence-electron chi connectivity index (χ2n) is 7.92. The van der Waals surface area contributed by atoms with Gasteiger partial charge in [0, 0.05) is 39.1 Å². The molecular formula is C21H26N4OS. The minimum Gasteiger partial charge on any atom is -0.348 e. The summed E-state index contributed by atoms with van der Waals surface area (Å²) < 4.78 is 0. The van der Waals surface area contributed by atoms with Crippen molar-refractivity contribution >= 4 is 28.9 Å². The lowest BCUT2D eigenvalue weighted by Gasteiger charge is -2.34. The number of carbonyl (C=O) groups excluding carboxylic acids is 1. The summed E-state index contributed by atoms with van der Waals surface area (Å²) in [6.45, 7) is 10.9. The Morgan fingerprint density at radius 1 is 1.19 bits per heavy atom. The van der Waals surface area contributed by atoms with E-state index in [0.717, 1.165) is 43.5 Å². The van der Waals surface area contributed by atoms with E-state index in [4.69, 9.17) is 5.26 Å². The number of aliphatic imine (C=N–C) groups is 1. The molecule has 1 aromatic rings. The number of nitriles is 1. The van der Waals surface area contributed by atoms with Crippen molar-refractivity contribution in [3.63, 3.8) is 0 Å². The van der Waals surface area contributed by atoms with Gasteiger partial charge in [-0.05, 0) is 34.4 Å². The number of benzene rings is 1. The quantitative estimate of drug-likeness (QED) is 0.749. The van der Waals surface area contributed by atoms with Crippen molar-refractivity contribution < 1.29 is 4.79 Å². The van der Waals surface area contributed by atoms with Crippen molar-refractivity contribution in [3.8, 4) is 6.07 Å². The summed E-state index contributed by atoms with van der Waals surface area (Å²) in [5.74, 6) is -0.151. The summed E-state index contributed by atoms with van der Waals surface area (Å²) in [6, 6.07) is 10.6. The fourth-order valence-corrected chi connectivity index (χ4v) is 4.10. The van der Waals surface area contributed by atoms with Gasteiger partial charge in [0.2, 0.25) is 0 Å². The molecule has 0 aliphatic carbocycles. The van der Waals surface area contributed by atoms with Crippen LogP contribution in [0.5, 0.6) is 0 Å². The Labute approximate surface area is 165 Å². The van der Waals surface area contributed by atoms with E-state index in [0.29, 0.717) is 11.3 Å². The smallest absolute Gasteiger partial charge is 0.286 e. The third-order valence-corrected chi connectivity index (χ3v) is 5.91. The standard InChI is InChI=1S/C21H26N4OS/c1-21(2,3)17-7-5-16(6-8-17)15-18-19(26)23-20(27-18)25-13-11-24(12-14-25)10-4-9-22/h5-8,15H,4,10-14H2,1-3H3/b18-15-. The lowest BCUT2D eigenvalue weighted by atomic mass is 9.87. The van der Waals surface area contributed by atoms with Gasteiger partial charge in [-0.1, -0.05) is 45.0 Å². The van der Waals surface area contributed by atoms with Crippen molar-refractivity contribution in [2.75, 3.05) is 32.7 Å². The molecule has 0 aromatic heterocycles. The predicted octanol–water partition coefficient (Wildman–Crippen LogP) is 3.49. The van der Waals surface area contributed by atoms with Crippen molar-refractivity contribution in [1.29, 1.82) is 5.26 Å². The molecule has 0 radical (unpaired) electrons. The van der Waals surface area contributed by atoms with Crippen LogP contribution in [0.3, 0.4) is 0 Å². The Morgan fingerprint density at radius 2 is 1.85 bits per heavy atom. The summed E-state index contributed by atoms with van der Waals surface area (Å²) >= 11 is 1.47. The first-order valence-corrected chi connectivity index (χ1v) is 10.2. The highest BCUT2D eigenvalue weighted by Crippen LogP contribution is 2.31. The van der Waals surface area contributed by atoms with Gasteiger partial charge in [-0.2, -0.15) is 10.3 Å². The molecule has 2 heterocycles. The maximum atomic E-state index is 12.3. The van der Waals surface area contributed by atoms with E-state index >= 15 is 0 Å². The number of hydrogen-bond acceptors (Lipinski definition) is 5. The molecule has 1 amide bonds. The molecule has 1 aromatic carbocycles. The molecule has 5 nitrogen and oxygen atoms in total. The van der Waals surface area contributed by atoms with Gasteiger partial charge in [0.1, 0.15) is 0 Å². The highest BCUT2D eigenvalue weighted by atomic mass is 32.2. The highest BCUT2D eigenvalue weighted by Gasteiger charge is 2.28.